The van der Waals surface area contributed by atoms with Crippen molar-refractivity contribution in [2.75, 3.05) is 20.8 Å². The Kier molecular flexibility index (Phi) is 7.80. The number of nitrogens with zero attached hydrogens (tertiary/aromatic N) is 2. The van der Waals surface area contributed by atoms with Crippen LogP contribution in [0.15, 0.2) is 52.7 Å². The third-order valence-electron chi connectivity index (χ3n) is 7.00. The first-order valence-corrected chi connectivity index (χ1v) is 12.4. The molecular formula is C28H29N2O8-. The average Bonchev–Trinajstić information content (AvgIpc) is 2.90. The van der Waals surface area contributed by atoms with Crippen LogP contribution in [-0.4, -0.2) is 43.2 Å². The van der Waals surface area contributed by atoms with E-state index in [1.807, 2.05) is 31.2 Å². The first-order chi connectivity index (χ1) is 18.2. The molecule has 0 radical (unpaired) electrons. The highest BCUT2D eigenvalue weighted by Gasteiger charge is 2.45. The fourth-order valence-electron chi connectivity index (χ4n) is 5.32. The average molecular weight is 522 g/mol. The predicted molar refractivity (Wildman–Crippen MR) is 137 cm³/mol. The van der Waals surface area contributed by atoms with Crippen molar-refractivity contribution in [1.82, 2.24) is 0 Å². The van der Waals surface area contributed by atoms with Crippen molar-refractivity contribution >= 4 is 23.2 Å². The van der Waals surface area contributed by atoms with Gasteiger partial charge in [0.15, 0.2) is 5.78 Å². The second kappa shape index (κ2) is 11.0. The number of hydrogen-bond acceptors (Lipinski definition) is 9. The molecular weight excluding hydrogens is 492 g/mol. The van der Waals surface area contributed by atoms with E-state index in [2.05, 4.69) is 0 Å². The van der Waals surface area contributed by atoms with Gasteiger partial charge in [-0.2, -0.15) is 0 Å². The molecule has 1 aliphatic carbocycles. The van der Waals surface area contributed by atoms with E-state index < -0.39 is 34.2 Å². The first-order valence-electron chi connectivity index (χ1n) is 12.4. The highest BCUT2D eigenvalue weighted by Crippen LogP contribution is 2.49. The van der Waals surface area contributed by atoms with Crippen LogP contribution in [0, 0.1) is 16.0 Å². The van der Waals surface area contributed by atoms with E-state index in [0.29, 0.717) is 35.6 Å². The molecule has 4 rings (SSSR count). The monoisotopic (exact) mass is 521 g/mol. The minimum absolute atomic E-state index is 0.139. The van der Waals surface area contributed by atoms with Crippen LogP contribution in [0.5, 0.6) is 17.2 Å². The number of ether oxygens (including phenoxy) is 3. The van der Waals surface area contributed by atoms with Crippen molar-refractivity contribution in [3.63, 3.8) is 0 Å². The lowest BCUT2D eigenvalue weighted by Gasteiger charge is -2.37. The topological polar surface area (TPSA) is 140 Å². The zero-order valence-corrected chi connectivity index (χ0v) is 21.7. The Bertz CT molecular complexity index is 1350. The van der Waals surface area contributed by atoms with Gasteiger partial charge in [0.1, 0.15) is 17.4 Å². The van der Waals surface area contributed by atoms with Gasteiger partial charge in [-0.25, -0.2) is 0 Å². The van der Waals surface area contributed by atoms with Crippen molar-refractivity contribution < 1.29 is 33.8 Å². The fourth-order valence-corrected chi connectivity index (χ4v) is 5.32. The lowest BCUT2D eigenvalue weighted by molar-refractivity contribution is -0.398. The predicted octanol–water partition coefficient (Wildman–Crippen LogP) is 4.21. The van der Waals surface area contributed by atoms with Crippen molar-refractivity contribution in [1.29, 1.82) is 0 Å². The second-order valence-electron chi connectivity index (χ2n) is 9.34. The van der Waals surface area contributed by atoms with Gasteiger partial charge in [-0.15, -0.1) is 0 Å². The molecule has 3 atom stereocenters. The van der Waals surface area contributed by atoms with E-state index in [-0.39, 0.29) is 36.0 Å². The zero-order valence-electron chi connectivity index (χ0n) is 21.7. The van der Waals surface area contributed by atoms with Gasteiger partial charge in [-0.05, 0) is 43.0 Å². The number of rotatable bonds is 8. The summed E-state index contributed by atoms with van der Waals surface area (Å²) < 4.78 is 16.1. The molecule has 1 heterocycles. The molecule has 2 aromatic rings. The lowest BCUT2D eigenvalue weighted by atomic mass is 9.69. The molecule has 2 aromatic carbocycles. The minimum Gasteiger partial charge on any atom is -0.865 e. The van der Waals surface area contributed by atoms with Gasteiger partial charge in [0, 0.05) is 47.1 Å². The largest absolute Gasteiger partial charge is 0.865 e. The van der Waals surface area contributed by atoms with Crippen LogP contribution in [0.25, 0.3) is 0 Å². The fraction of sp³-hybridized carbons (Fsp3) is 0.393. The van der Waals surface area contributed by atoms with Gasteiger partial charge in [0.2, 0.25) is 0 Å². The van der Waals surface area contributed by atoms with Crippen LogP contribution >= 0.6 is 0 Å². The van der Waals surface area contributed by atoms with Gasteiger partial charge in [0.05, 0.1) is 25.7 Å². The van der Waals surface area contributed by atoms with E-state index in [9.17, 15) is 24.8 Å². The number of methoxy groups -OCH3 is 2. The third kappa shape index (κ3) is 4.85. The van der Waals surface area contributed by atoms with Crippen LogP contribution in [-0.2, 0) is 14.3 Å². The van der Waals surface area contributed by atoms with Crippen molar-refractivity contribution in [2.24, 2.45) is 10.9 Å². The number of nitro benzene ring substituents is 1. The van der Waals surface area contributed by atoms with Crippen molar-refractivity contribution in [3.8, 4) is 17.2 Å². The molecule has 0 amide bonds. The Labute approximate surface area is 220 Å². The Morgan fingerprint density at radius 3 is 2.50 bits per heavy atom. The zero-order chi connectivity index (χ0) is 27.6. The molecule has 0 bridgehead atoms. The summed E-state index contributed by atoms with van der Waals surface area (Å²) in [4.78, 5) is 42.6. The number of allylic oxidation sites excluding steroid dienone is 2. The van der Waals surface area contributed by atoms with E-state index >= 15 is 0 Å². The van der Waals surface area contributed by atoms with E-state index in [4.69, 9.17) is 19.2 Å². The third-order valence-corrected chi connectivity index (χ3v) is 7.00. The molecule has 0 fully saturated rings. The number of benzene rings is 2. The minimum atomic E-state index is -0.992. The van der Waals surface area contributed by atoms with E-state index in [0.717, 1.165) is 11.6 Å². The highest BCUT2D eigenvalue weighted by molar-refractivity contribution is 6.09. The smallest absolute Gasteiger partial charge is 0.315 e. The summed E-state index contributed by atoms with van der Waals surface area (Å²) in [7, 11) is 2.80. The molecule has 0 saturated heterocycles. The summed E-state index contributed by atoms with van der Waals surface area (Å²) in [6, 6.07) is 9.95. The van der Waals surface area contributed by atoms with Gasteiger partial charge < -0.3 is 19.3 Å². The number of aliphatic imine (C=N–C) groups is 1. The Balaban J connectivity index is 1.89. The Morgan fingerprint density at radius 2 is 1.84 bits per heavy atom. The molecule has 200 valence electrons. The SMILES string of the molecule is CCCOC(=O)C1C(C)=NC2=C(C(=O)CC(c3ccccc3OC)C2)C1c1cc(OC)c([O-])c([N+](=O)[O-])c1. The molecule has 0 spiro atoms. The molecule has 0 saturated carbocycles. The maximum Gasteiger partial charge on any atom is 0.315 e. The number of nitro groups is 1. The van der Waals surface area contributed by atoms with Crippen LogP contribution in [0.2, 0.25) is 0 Å². The molecule has 0 aromatic heterocycles. The highest BCUT2D eigenvalue weighted by atomic mass is 16.6. The normalized spacial score (nSPS) is 20.9. The maximum atomic E-state index is 13.8. The molecule has 3 unspecified atom stereocenters. The number of ketones is 1. The molecule has 1 aliphatic heterocycles. The van der Waals surface area contributed by atoms with E-state index in [1.165, 1.54) is 13.2 Å². The standard InChI is InChI=1S/C28H30N2O8/c1-5-10-38-28(33)24-15(2)29-19-11-16(18-8-6-7-9-22(18)36-3)13-21(31)26(19)25(24)17-12-20(30(34)35)27(32)23(14-17)37-4/h6-9,12,14,16,24-25,32H,5,10-11,13H2,1-4H3/p-1. The molecule has 38 heavy (non-hydrogen) atoms. The molecule has 10 heteroatoms. The number of carbonyl (C=O) groups excluding carboxylic acids is 2. The van der Waals surface area contributed by atoms with Crippen LogP contribution in [0.4, 0.5) is 5.69 Å². The molecule has 0 N–H and O–H groups in total. The van der Waals surface area contributed by atoms with Crippen LogP contribution in [0.1, 0.15) is 56.1 Å². The van der Waals surface area contributed by atoms with Crippen LogP contribution < -0.4 is 14.6 Å². The number of hydrogen-bond donors (Lipinski definition) is 0. The summed E-state index contributed by atoms with van der Waals surface area (Å²) >= 11 is 0. The van der Waals surface area contributed by atoms with Gasteiger partial charge in [-0.3, -0.25) is 24.7 Å². The number of para-hydroxylation sites is 1. The second-order valence-corrected chi connectivity index (χ2v) is 9.34. The van der Waals surface area contributed by atoms with Gasteiger partial charge in [-0.1, -0.05) is 25.1 Å². The number of esters is 1. The summed E-state index contributed by atoms with van der Waals surface area (Å²) in [6.07, 6.45) is 1.14. The van der Waals surface area contributed by atoms with Crippen molar-refractivity contribution in [2.45, 2.75) is 44.9 Å². The maximum absolute atomic E-state index is 13.8. The molecule has 10 nitrogen and oxygen atoms in total. The van der Waals surface area contributed by atoms with Gasteiger partial charge in [0.25, 0.3) is 5.69 Å². The number of carbonyl (C=O) groups is 2. The molecule has 2 aliphatic rings. The first kappa shape index (κ1) is 26.8. The quantitative estimate of drug-likeness (QED) is 0.286. The van der Waals surface area contributed by atoms with Gasteiger partial charge >= 0.3 is 5.97 Å². The van der Waals surface area contributed by atoms with E-state index in [1.54, 1.807) is 14.0 Å². The van der Waals surface area contributed by atoms with Crippen molar-refractivity contribution in [3.05, 3.63) is 68.9 Å². The summed E-state index contributed by atoms with van der Waals surface area (Å²) in [6.45, 7) is 3.71. The lowest BCUT2D eigenvalue weighted by Crippen LogP contribution is -2.38. The summed E-state index contributed by atoms with van der Waals surface area (Å²) in [5.74, 6) is -3.40. The Hall–Kier alpha value is -4.21. The summed E-state index contributed by atoms with van der Waals surface area (Å²) in [5.41, 5.74) is 1.66. The number of Topliss-reactive ketones (excluding diaryl/α,β-unsaturated/α-hetero) is 1. The summed E-state index contributed by atoms with van der Waals surface area (Å²) in [5, 5.41) is 24.2. The Morgan fingerprint density at radius 1 is 1.13 bits per heavy atom. The van der Waals surface area contributed by atoms with Crippen LogP contribution in [0.3, 0.4) is 0 Å².